The van der Waals surface area contributed by atoms with Gasteiger partial charge in [0.15, 0.2) is 0 Å². The Bertz CT molecular complexity index is 200. The van der Waals surface area contributed by atoms with Crippen LogP contribution in [0.4, 0.5) is 0 Å². The van der Waals surface area contributed by atoms with E-state index in [1.165, 1.54) is 0 Å². The van der Waals surface area contributed by atoms with E-state index in [0.29, 0.717) is 13.2 Å². The Labute approximate surface area is 85.4 Å². The van der Waals surface area contributed by atoms with Crippen molar-refractivity contribution >= 4 is 5.91 Å². The molecule has 0 radical (unpaired) electrons. The summed E-state index contributed by atoms with van der Waals surface area (Å²) in [6.07, 6.45) is 0. The number of hydrogen-bond donors (Lipinski definition) is 2. The van der Waals surface area contributed by atoms with Crippen molar-refractivity contribution in [3.63, 3.8) is 0 Å². The summed E-state index contributed by atoms with van der Waals surface area (Å²) >= 11 is 0. The monoisotopic (exact) mass is 200 g/mol. The van der Waals surface area contributed by atoms with Crippen molar-refractivity contribution < 1.29 is 9.53 Å². The lowest BCUT2D eigenvalue weighted by Gasteiger charge is -2.29. The third kappa shape index (κ3) is 3.27. The maximum atomic E-state index is 11.5. The van der Waals surface area contributed by atoms with Crippen LogP contribution in [0.25, 0.3) is 0 Å². The third-order valence-corrected chi connectivity index (χ3v) is 2.38. The molecule has 0 atom stereocenters. The summed E-state index contributed by atoms with van der Waals surface area (Å²) in [5.74, 6) is 0.295. The van der Waals surface area contributed by atoms with Gasteiger partial charge in [-0.25, -0.2) is 0 Å². The molecule has 0 bridgehead atoms. The molecule has 1 aliphatic heterocycles. The van der Waals surface area contributed by atoms with Crippen molar-refractivity contribution in [1.82, 2.24) is 10.6 Å². The Morgan fingerprint density at radius 2 is 2.21 bits per heavy atom. The first-order chi connectivity index (χ1) is 6.55. The lowest BCUT2D eigenvalue weighted by molar-refractivity contribution is -0.128. The number of rotatable bonds is 5. The summed E-state index contributed by atoms with van der Waals surface area (Å²) in [6, 6.07) is 0. The summed E-state index contributed by atoms with van der Waals surface area (Å²) in [4.78, 5) is 11.5. The van der Waals surface area contributed by atoms with E-state index < -0.39 is 0 Å². The maximum absolute atomic E-state index is 11.5. The molecule has 1 rings (SSSR count). The van der Waals surface area contributed by atoms with Crippen molar-refractivity contribution in [2.24, 2.45) is 5.92 Å². The van der Waals surface area contributed by atoms with Crippen LogP contribution in [-0.2, 0) is 9.53 Å². The Hall–Kier alpha value is -0.610. The van der Waals surface area contributed by atoms with E-state index in [9.17, 15) is 4.79 Å². The molecule has 14 heavy (non-hydrogen) atoms. The van der Waals surface area contributed by atoms with E-state index in [-0.39, 0.29) is 17.4 Å². The van der Waals surface area contributed by atoms with Gasteiger partial charge in [-0.15, -0.1) is 0 Å². The normalized spacial score (nSPS) is 17.6. The largest absolute Gasteiger partial charge is 0.374 e. The van der Waals surface area contributed by atoms with Crippen molar-refractivity contribution in [2.45, 2.75) is 26.4 Å². The predicted octanol–water partition coefficient (Wildman–Crippen LogP) is 0.137. The first-order valence-electron chi connectivity index (χ1n) is 5.17. The number of nitrogens with one attached hydrogen (secondary N) is 2. The van der Waals surface area contributed by atoms with Gasteiger partial charge in [0.1, 0.15) is 0 Å². The van der Waals surface area contributed by atoms with E-state index in [4.69, 9.17) is 4.74 Å². The average Bonchev–Trinajstić information content (AvgIpc) is 1.98. The lowest BCUT2D eigenvalue weighted by Crippen LogP contribution is -2.53. The fraction of sp³-hybridized carbons (Fsp3) is 0.900. The van der Waals surface area contributed by atoms with E-state index in [2.05, 4.69) is 10.6 Å². The molecular formula is C10H20N2O2. The average molecular weight is 200 g/mol. The van der Waals surface area contributed by atoms with Gasteiger partial charge in [0.25, 0.3) is 0 Å². The quantitative estimate of drug-likeness (QED) is 0.663. The minimum atomic E-state index is -0.262. The van der Waals surface area contributed by atoms with Crippen molar-refractivity contribution in [1.29, 1.82) is 0 Å². The van der Waals surface area contributed by atoms with Gasteiger partial charge in [-0.1, -0.05) is 0 Å². The van der Waals surface area contributed by atoms with Gasteiger partial charge in [-0.2, -0.15) is 0 Å². The van der Waals surface area contributed by atoms with Gasteiger partial charge in [-0.3, -0.25) is 4.79 Å². The van der Waals surface area contributed by atoms with E-state index in [1.807, 2.05) is 20.8 Å². The van der Waals surface area contributed by atoms with Crippen LogP contribution >= 0.6 is 0 Å². The molecule has 1 amide bonds. The van der Waals surface area contributed by atoms with Crippen molar-refractivity contribution in [3.05, 3.63) is 0 Å². The van der Waals surface area contributed by atoms with E-state index in [1.54, 1.807) is 0 Å². The first-order valence-corrected chi connectivity index (χ1v) is 5.17. The highest BCUT2D eigenvalue weighted by Crippen LogP contribution is 2.08. The topological polar surface area (TPSA) is 50.4 Å². The summed E-state index contributed by atoms with van der Waals surface area (Å²) < 4.78 is 5.48. The second-order valence-electron chi connectivity index (χ2n) is 4.27. The predicted molar refractivity (Wildman–Crippen MR) is 55.1 cm³/mol. The van der Waals surface area contributed by atoms with Crippen LogP contribution in [0.3, 0.4) is 0 Å². The standard InChI is InChI=1S/C10H20N2O2/c1-4-14-10(2,3)7-12-9(13)8-5-11-6-8/h8,11H,4-7H2,1-3H3,(H,12,13). The van der Waals surface area contributed by atoms with Gasteiger partial charge in [0.2, 0.25) is 5.91 Å². The Morgan fingerprint density at radius 3 is 2.64 bits per heavy atom. The Balaban J connectivity index is 2.21. The minimum Gasteiger partial charge on any atom is -0.374 e. The molecule has 4 heteroatoms. The molecule has 0 unspecified atom stereocenters. The fourth-order valence-electron chi connectivity index (χ4n) is 1.36. The Morgan fingerprint density at radius 1 is 1.57 bits per heavy atom. The first kappa shape index (κ1) is 11.5. The highest BCUT2D eigenvalue weighted by molar-refractivity contribution is 5.80. The van der Waals surface area contributed by atoms with Crippen LogP contribution in [0, 0.1) is 5.92 Å². The van der Waals surface area contributed by atoms with Gasteiger partial charge in [0, 0.05) is 26.2 Å². The molecule has 0 spiro atoms. The number of carbonyl (C=O) groups excluding carboxylic acids is 1. The van der Waals surface area contributed by atoms with Crippen LogP contribution in [-0.4, -0.2) is 37.7 Å². The molecular weight excluding hydrogens is 180 g/mol. The molecule has 1 heterocycles. The molecule has 2 N–H and O–H groups in total. The third-order valence-electron chi connectivity index (χ3n) is 2.38. The second-order valence-corrected chi connectivity index (χ2v) is 4.27. The highest BCUT2D eigenvalue weighted by Gasteiger charge is 2.26. The smallest absolute Gasteiger partial charge is 0.225 e. The summed E-state index contributed by atoms with van der Waals surface area (Å²) in [5, 5.41) is 5.98. The molecule has 0 aliphatic carbocycles. The van der Waals surface area contributed by atoms with Crippen LogP contribution in [0.1, 0.15) is 20.8 Å². The number of ether oxygens (including phenoxy) is 1. The number of amides is 1. The zero-order chi connectivity index (χ0) is 10.6. The summed E-state index contributed by atoms with van der Waals surface area (Å²) in [7, 11) is 0. The molecule has 82 valence electrons. The summed E-state index contributed by atoms with van der Waals surface area (Å²) in [6.45, 7) is 8.79. The number of hydrogen-bond acceptors (Lipinski definition) is 3. The zero-order valence-electron chi connectivity index (χ0n) is 9.22. The highest BCUT2D eigenvalue weighted by atomic mass is 16.5. The molecule has 1 fully saturated rings. The molecule has 0 aromatic carbocycles. The van der Waals surface area contributed by atoms with E-state index in [0.717, 1.165) is 13.1 Å². The van der Waals surface area contributed by atoms with Gasteiger partial charge >= 0.3 is 0 Å². The fourth-order valence-corrected chi connectivity index (χ4v) is 1.36. The molecule has 0 aromatic rings. The van der Waals surface area contributed by atoms with Crippen LogP contribution in [0.15, 0.2) is 0 Å². The molecule has 4 nitrogen and oxygen atoms in total. The van der Waals surface area contributed by atoms with Crippen LogP contribution < -0.4 is 10.6 Å². The summed E-state index contributed by atoms with van der Waals surface area (Å²) in [5.41, 5.74) is -0.262. The van der Waals surface area contributed by atoms with Crippen LogP contribution in [0.2, 0.25) is 0 Å². The SMILES string of the molecule is CCOC(C)(C)CNC(=O)C1CNC1. The van der Waals surface area contributed by atoms with Gasteiger partial charge in [-0.05, 0) is 20.8 Å². The second kappa shape index (κ2) is 4.75. The Kier molecular flexibility index (Phi) is 3.89. The van der Waals surface area contributed by atoms with Crippen molar-refractivity contribution in [3.8, 4) is 0 Å². The molecule has 0 saturated carbocycles. The molecule has 1 aliphatic rings. The lowest BCUT2D eigenvalue weighted by atomic mass is 10.0. The van der Waals surface area contributed by atoms with Crippen molar-refractivity contribution in [2.75, 3.05) is 26.2 Å². The maximum Gasteiger partial charge on any atom is 0.225 e. The molecule has 1 saturated heterocycles. The zero-order valence-corrected chi connectivity index (χ0v) is 9.22. The van der Waals surface area contributed by atoms with Crippen LogP contribution in [0.5, 0.6) is 0 Å². The van der Waals surface area contributed by atoms with Gasteiger partial charge < -0.3 is 15.4 Å². The number of carbonyl (C=O) groups is 1. The van der Waals surface area contributed by atoms with Gasteiger partial charge in [0.05, 0.1) is 11.5 Å². The van der Waals surface area contributed by atoms with E-state index >= 15 is 0 Å². The molecule has 0 aromatic heterocycles. The minimum absolute atomic E-state index is 0.136.